The fourth-order valence-corrected chi connectivity index (χ4v) is 1.91. The second-order valence-corrected chi connectivity index (χ2v) is 4.04. The van der Waals surface area contributed by atoms with Gasteiger partial charge in [-0.3, -0.25) is 4.40 Å². The first-order valence-electron chi connectivity index (χ1n) is 5.05. The molecule has 1 atom stereocenters. The van der Waals surface area contributed by atoms with Crippen molar-refractivity contribution in [2.75, 3.05) is 0 Å². The zero-order chi connectivity index (χ0) is 11.0. The second kappa shape index (κ2) is 3.83. The van der Waals surface area contributed by atoms with Gasteiger partial charge in [-0.2, -0.15) is 0 Å². The molecule has 0 bridgehead atoms. The van der Waals surface area contributed by atoms with Gasteiger partial charge < -0.3 is 5.73 Å². The van der Waals surface area contributed by atoms with Crippen molar-refractivity contribution in [3.8, 4) is 0 Å². The molecule has 2 rings (SSSR count). The van der Waals surface area contributed by atoms with E-state index in [4.69, 9.17) is 17.3 Å². The minimum atomic E-state index is 0.0237. The summed E-state index contributed by atoms with van der Waals surface area (Å²) in [7, 11) is 0. The van der Waals surface area contributed by atoms with Crippen LogP contribution in [0.4, 0.5) is 0 Å². The van der Waals surface area contributed by atoms with E-state index < -0.39 is 0 Å². The molecule has 0 aromatic carbocycles. The highest BCUT2D eigenvalue weighted by Crippen LogP contribution is 2.21. The van der Waals surface area contributed by atoms with Crippen LogP contribution in [0.15, 0.2) is 18.3 Å². The summed E-state index contributed by atoms with van der Waals surface area (Å²) in [6.45, 7) is 4.00. The van der Waals surface area contributed by atoms with Crippen LogP contribution in [0.25, 0.3) is 5.65 Å². The summed E-state index contributed by atoms with van der Waals surface area (Å²) in [5.41, 5.74) is 8.68. The molecule has 0 saturated heterocycles. The van der Waals surface area contributed by atoms with Crippen LogP contribution in [0.1, 0.15) is 31.1 Å². The zero-order valence-electron chi connectivity index (χ0n) is 8.87. The van der Waals surface area contributed by atoms with Crippen molar-refractivity contribution in [2.45, 2.75) is 26.3 Å². The van der Waals surface area contributed by atoms with Gasteiger partial charge in [-0.1, -0.05) is 18.5 Å². The number of pyridine rings is 1. The van der Waals surface area contributed by atoms with E-state index in [1.54, 1.807) is 0 Å². The number of hydrogen-bond donors (Lipinski definition) is 1. The first-order valence-corrected chi connectivity index (χ1v) is 5.43. The van der Waals surface area contributed by atoms with Crippen LogP contribution in [0.2, 0.25) is 5.15 Å². The summed E-state index contributed by atoms with van der Waals surface area (Å²) >= 11 is 6.16. The Morgan fingerprint density at radius 1 is 1.60 bits per heavy atom. The molecule has 2 aromatic heterocycles. The Labute approximate surface area is 93.9 Å². The van der Waals surface area contributed by atoms with Crippen LogP contribution in [-0.2, 0) is 6.42 Å². The molecule has 3 nitrogen and oxygen atoms in total. The number of hydrogen-bond acceptors (Lipinski definition) is 2. The predicted molar refractivity (Wildman–Crippen MR) is 62.2 cm³/mol. The number of halogens is 1. The van der Waals surface area contributed by atoms with Gasteiger partial charge in [0.2, 0.25) is 0 Å². The van der Waals surface area contributed by atoms with Crippen LogP contribution in [0.5, 0.6) is 0 Å². The Morgan fingerprint density at radius 3 is 2.93 bits per heavy atom. The molecular formula is C11H14ClN3. The van der Waals surface area contributed by atoms with Crippen LogP contribution >= 0.6 is 11.6 Å². The molecular weight excluding hydrogens is 210 g/mol. The Balaban J connectivity index is 2.63. The lowest BCUT2D eigenvalue weighted by Crippen LogP contribution is -2.05. The van der Waals surface area contributed by atoms with E-state index in [1.165, 1.54) is 0 Å². The summed E-state index contributed by atoms with van der Waals surface area (Å²) in [5.74, 6) is 0. The number of imidazole rings is 1. The zero-order valence-corrected chi connectivity index (χ0v) is 9.62. The molecule has 0 aliphatic heterocycles. The summed E-state index contributed by atoms with van der Waals surface area (Å²) in [6.07, 6.45) is 2.76. The van der Waals surface area contributed by atoms with E-state index in [2.05, 4.69) is 4.98 Å². The van der Waals surface area contributed by atoms with Gasteiger partial charge in [0.1, 0.15) is 10.8 Å². The number of nitrogens with two attached hydrogens (primary N) is 1. The quantitative estimate of drug-likeness (QED) is 0.851. The van der Waals surface area contributed by atoms with Crippen molar-refractivity contribution in [1.82, 2.24) is 9.38 Å². The number of nitrogens with zero attached hydrogens (tertiary/aromatic N) is 2. The van der Waals surface area contributed by atoms with Crippen molar-refractivity contribution in [1.29, 1.82) is 0 Å². The van der Waals surface area contributed by atoms with Gasteiger partial charge in [0.05, 0.1) is 5.69 Å². The molecule has 2 aromatic rings. The molecule has 0 aliphatic rings. The average molecular weight is 224 g/mol. The van der Waals surface area contributed by atoms with Gasteiger partial charge in [0, 0.05) is 12.2 Å². The van der Waals surface area contributed by atoms with Gasteiger partial charge >= 0.3 is 0 Å². The molecule has 0 aliphatic carbocycles. The van der Waals surface area contributed by atoms with Crippen molar-refractivity contribution in [3.63, 3.8) is 0 Å². The molecule has 2 heterocycles. The SMILES string of the molecule is CCc1nc2cc(C(C)N)ccn2c1Cl. The van der Waals surface area contributed by atoms with Crippen LogP contribution in [-0.4, -0.2) is 9.38 Å². The van der Waals surface area contributed by atoms with Gasteiger partial charge in [0.25, 0.3) is 0 Å². The number of aromatic nitrogens is 2. The third-order valence-electron chi connectivity index (χ3n) is 2.52. The highest BCUT2D eigenvalue weighted by atomic mass is 35.5. The van der Waals surface area contributed by atoms with Crippen molar-refractivity contribution < 1.29 is 0 Å². The van der Waals surface area contributed by atoms with Gasteiger partial charge in [-0.25, -0.2) is 4.98 Å². The summed E-state index contributed by atoms with van der Waals surface area (Å²) in [5, 5.41) is 0.698. The van der Waals surface area contributed by atoms with E-state index in [0.29, 0.717) is 5.15 Å². The molecule has 1 unspecified atom stereocenters. The molecule has 0 fully saturated rings. The topological polar surface area (TPSA) is 43.3 Å². The number of aryl methyl sites for hydroxylation is 1. The fraction of sp³-hybridized carbons (Fsp3) is 0.364. The maximum absolute atomic E-state index is 6.16. The summed E-state index contributed by atoms with van der Waals surface area (Å²) < 4.78 is 1.88. The molecule has 15 heavy (non-hydrogen) atoms. The van der Waals surface area contributed by atoms with Crippen LogP contribution in [0.3, 0.4) is 0 Å². The molecule has 0 spiro atoms. The van der Waals surface area contributed by atoms with Gasteiger partial charge in [-0.05, 0) is 31.0 Å². The Bertz CT molecular complexity index is 488. The molecule has 0 radical (unpaired) electrons. The minimum Gasteiger partial charge on any atom is -0.324 e. The average Bonchev–Trinajstić information content (AvgIpc) is 2.55. The van der Waals surface area contributed by atoms with E-state index in [0.717, 1.165) is 23.3 Å². The normalized spacial score (nSPS) is 13.3. The Kier molecular flexibility index (Phi) is 2.67. The Morgan fingerprint density at radius 2 is 2.33 bits per heavy atom. The summed E-state index contributed by atoms with van der Waals surface area (Å²) in [4.78, 5) is 4.45. The lowest BCUT2D eigenvalue weighted by molar-refractivity contribution is 0.815. The van der Waals surface area contributed by atoms with Crippen LogP contribution < -0.4 is 5.73 Å². The van der Waals surface area contributed by atoms with Crippen molar-refractivity contribution in [3.05, 3.63) is 34.7 Å². The third-order valence-corrected chi connectivity index (χ3v) is 2.92. The third kappa shape index (κ3) is 1.73. The monoisotopic (exact) mass is 223 g/mol. The first-order chi connectivity index (χ1) is 7.13. The highest BCUT2D eigenvalue weighted by Gasteiger charge is 2.09. The van der Waals surface area contributed by atoms with E-state index in [-0.39, 0.29) is 6.04 Å². The molecule has 0 saturated carbocycles. The largest absolute Gasteiger partial charge is 0.324 e. The predicted octanol–water partition coefficient (Wildman–Crippen LogP) is 2.57. The first kappa shape index (κ1) is 10.5. The maximum Gasteiger partial charge on any atom is 0.138 e. The van der Waals surface area contributed by atoms with Gasteiger partial charge in [-0.15, -0.1) is 0 Å². The minimum absolute atomic E-state index is 0.0237. The maximum atomic E-state index is 6.16. The number of fused-ring (bicyclic) bond motifs is 1. The summed E-state index contributed by atoms with van der Waals surface area (Å²) in [6, 6.07) is 3.98. The lowest BCUT2D eigenvalue weighted by atomic mass is 10.1. The molecule has 80 valence electrons. The van der Waals surface area contributed by atoms with Crippen molar-refractivity contribution in [2.24, 2.45) is 5.73 Å². The standard InChI is InChI=1S/C11H14ClN3/c1-3-9-11(12)15-5-4-8(7(2)13)6-10(15)14-9/h4-7H,3,13H2,1-2H3. The second-order valence-electron chi connectivity index (χ2n) is 3.68. The van der Waals surface area contributed by atoms with E-state index in [9.17, 15) is 0 Å². The van der Waals surface area contributed by atoms with Crippen LogP contribution in [0, 0.1) is 0 Å². The van der Waals surface area contributed by atoms with E-state index >= 15 is 0 Å². The van der Waals surface area contributed by atoms with Crippen molar-refractivity contribution >= 4 is 17.2 Å². The smallest absolute Gasteiger partial charge is 0.138 e. The number of rotatable bonds is 2. The Hall–Kier alpha value is -1.06. The molecule has 0 amide bonds. The fourth-order valence-electron chi connectivity index (χ4n) is 1.59. The van der Waals surface area contributed by atoms with E-state index in [1.807, 2.05) is 36.6 Å². The molecule has 4 heteroatoms. The lowest BCUT2D eigenvalue weighted by Gasteiger charge is -2.05. The molecule has 2 N–H and O–H groups in total. The highest BCUT2D eigenvalue weighted by molar-refractivity contribution is 6.30. The van der Waals surface area contributed by atoms with Gasteiger partial charge in [0.15, 0.2) is 0 Å².